The van der Waals surface area contributed by atoms with E-state index >= 15 is 0 Å². The van der Waals surface area contributed by atoms with Gasteiger partial charge >= 0.3 is 39.0 Å². The van der Waals surface area contributed by atoms with Gasteiger partial charge in [-0.25, -0.2) is 74.5 Å². The fourth-order valence-corrected chi connectivity index (χ4v) is 11.5. The van der Waals surface area contributed by atoms with Crippen LogP contribution in [0.15, 0.2) is 380 Å². The summed E-state index contributed by atoms with van der Waals surface area (Å²) in [5, 5.41) is 0. The van der Waals surface area contributed by atoms with Crippen LogP contribution in [-0.4, -0.2) is 83.3 Å². The molecule has 0 aliphatic rings. The molecule has 692 valence electrons. The van der Waals surface area contributed by atoms with Crippen LogP contribution in [-0.2, 0) is 92.8 Å². The second kappa shape index (κ2) is 60.3. The summed E-state index contributed by atoms with van der Waals surface area (Å²) in [7, 11) is -19.8. The van der Waals surface area contributed by atoms with Crippen molar-refractivity contribution in [2.75, 3.05) is 19.8 Å². The average Bonchev–Trinajstić information content (AvgIpc) is 0.596. The summed E-state index contributed by atoms with van der Waals surface area (Å²) in [6, 6.07) is 101. The van der Waals surface area contributed by atoms with Crippen molar-refractivity contribution in [1.29, 1.82) is 0 Å². The summed E-state index contributed by atoms with van der Waals surface area (Å²) >= 11 is 0. The van der Waals surface area contributed by atoms with Gasteiger partial charge in [-0.3, -0.25) is 59.8 Å². The van der Waals surface area contributed by atoms with Gasteiger partial charge in [-0.1, -0.05) is 218 Å². The zero-order valence-electron chi connectivity index (χ0n) is 72.2. The molecular formula is C96H84Cl4N12O22Zn2. The van der Waals surface area contributed by atoms with Gasteiger partial charge in [-0.2, -0.15) is 0 Å². The van der Waals surface area contributed by atoms with Crippen LogP contribution >= 0.6 is 0 Å². The molecule has 0 fully saturated rings. The van der Waals surface area contributed by atoms with Crippen LogP contribution in [0.3, 0.4) is 0 Å². The number of ether oxygens (including phenoxy) is 6. The number of aliphatic imine (C=N–C) groups is 3. The zero-order valence-corrected chi connectivity index (χ0v) is 81.2. The van der Waals surface area contributed by atoms with Crippen LogP contribution in [0.1, 0.15) is 85.3 Å². The van der Waals surface area contributed by atoms with Crippen LogP contribution < -0.4 is 88.8 Å². The van der Waals surface area contributed by atoms with Gasteiger partial charge in [0.25, 0.3) is 0 Å². The molecule has 0 N–H and O–H groups in total. The summed E-state index contributed by atoms with van der Waals surface area (Å²) in [6.45, 7) is 4.14. The van der Waals surface area contributed by atoms with Crippen LogP contribution in [0.2, 0.25) is 0 Å². The van der Waals surface area contributed by atoms with Crippen LogP contribution in [0.25, 0.3) is 34.2 Å². The number of benzene rings is 6. The minimum absolute atomic E-state index is 0. The van der Waals surface area contributed by atoms with Gasteiger partial charge < -0.3 is 28.4 Å². The fraction of sp³-hybridized carbons (Fsp3) is 0.125. The Balaban J connectivity index is 0.000000250. The topological polar surface area (TPSA) is 577 Å². The zero-order chi connectivity index (χ0) is 95.5. The summed E-state index contributed by atoms with van der Waals surface area (Å²) in [5.74, 6) is 2.16. The van der Waals surface area contributed by atoms with Gasteiger partial charge in [0.05, 0.1) is 128 Å². The number of nitrogens with zero attached hydrogens (tertiary/aromatic N) is 12. The standard InChI is InChI=1S/3C32H28N4O2.4ClHO4.2Zn/c3*1-3-9-25(10-4-1)23-38-29-16-15-28(34-21-29)20-36-32(27-11-5-2-6-12-27)24-37-22-26-14-17-31(35-19-26)30-13-7-8-18-33-30;4*2-1(3,4)5;;/h3*1-21,32H,22-24H2;4*(H,2,3,4,5);;/q;;;;;;;2*+2/p-4/t3*32-;;;;;;/m000....../s1. The van der Waals surface area contributed by atoms with Crippen molar-refractivity contribution in [3.63, 3.8) is 0 Å². The molecule has 0 radical (unpaired) electrons. The van der Waals surface area contributed by atoms with E-state index in [9.17, 15) is 0 Å². The maximum atomic E-state index is 8.49. The Morgan fingerprint density at radius 2 is 0.441 bits per heavy atom. The van der Waals surface area contributed by atoms with E-state index in [2.05, 4.69) is 81.3 Å². The molecule has 0 bridgehead atoms. The first kappa shape index (κ1) is 111. The molecule has 3 atom stereocenters. The molecule has 9 heterocycles. The molecule has 40 heteroatoms. The molecule has 0 saturated carbocycles. The van der Waals surface area contributed by atoms with Gasteiger partial charge in [0, 0.05) is 55.8 Å². The second-order valence-electron chi connectivity index (χ2n) is 27.6. The van der Waals surface area contributed by atoms with Gasteiger partial charge in [0.1, 0.15) is 37.1 Å². The Labute approximate surface area is 816 Å². The average molecular weight is 2030 g/mol. The minimum Gasteiger partial charge on any atom is -0.487 e. The fourth-order valence-electron chi connectivity index (χ4n) is 11.5. The number of hydrogen-bond acceptors (Lipinski definition) is 34. The molecular weight excluding hydrogens is 1950 g/mol. The molecule has 15 aromatic rings. The summed E-state index contributed by atoms with van der Waals surface area (Å²) in [4.78, 5) is 54.5. The van der Waals surface area contributed by atoms with Crippen molar-refractivity contribution < 1.29 is 183 Å². The van der Waals surface area contributed by atoms with E-state index in [1.54, 1.807) is 55.8 Å². The third-order valence-corrected chi connectivity index (χ3v) is 17.6. The minimum atomic E-state index is -4.94. The first-order valence-corrected chi connectivity index (χ1v) is 44.9. The van der Waals surface area contributed by atoms with Crippen LogP contribution in [0.4, 0.5) is 0 Å². The van der Waals surface area contributed by atoms with E-state index in [0.29, 0.717) is 59.5 Å². The van der Waals surface area contributed by atoms with Crippen molar-refractivity contribution >= 4 is 18.6 Å². The molecule has 0 spiro atoms. The first-order valence-electron chi connectivity index (χ1n) is 39.9. The van der Waals surface area contributed by atoms with Crippen molar-refractivity contribution in [2.24, 2.45) is 15.0 Å². The molecule has 136 heavy (non-hydrogen) atoms. The Kier molecular flexibility index (Phi) is 49.1. The summed E-state index contributed by atoms with van der Waals surface area (Å²) < 4.78 is 172. The normalized spacial score (nSPS) is 11.7. The SMILES string of the molecule is C(=N[C@@H](COCc1ccc(-c2ccccn2)nc1)c1ccccc1)c1ccc(OCc2ccccc2)cn1.C(=N[C@@H](COCc1ccc(-c2ccccn2)nc1)c1ccccc1)c1ccc(OCc2ccccc2)cn1.C(=N[C@@H](COCc1ccc(-c2ccccn2)nc1)c1ccccc1)c1ccc(OCc2ccccc2)cn1.[O-][Cl+3]([O-])([O-])[O-].[O-][Cl+3]([O-])([O-])[O-].[O-][Cl+3]([O-])([O-])[O-].[O-][Cl+3]([O-])([O-])[O-].[Zn+2].[Zn+2]. The van der Waals surface area contributed by atoms with E-state index in [1.165, 1.54) is 0 Å². The van der Waals surface area contributed by atoms with Crippen LogP contribution in [0.5, 0.6) is 17.2 Å². The van der Waals surface area contributed by atoms with Gasteiger partial charge in [0.2, 0.25) is 0 Å². The molecule has 0 aliphatic carbocycles. The van der Waals surface area contributed by atoms with Crippen molar-refractivity contribution in [3.05, 3.63) is 432 Å². The third kappa shape index (κ3) is 48.3. The Hall–Kier alpha value is -12.3. The Morgan fingerprint density at radius 3 is 0.640 bits per heavy atom. The summed E-state index contributed by atoms with van der Waals surface area (Å²) in [5.41, 5.74) is 16.9. The van der Waals surface area contributed by atoms with Crippen molar-refractivity contribution in [1.82, 2.24) is 44.9 Å². The van der Waals surface area contributed by atoms with Gasteiger partial charge in [-0.15, -0.1) is 41.0 Å². The first-order chi connectivity index (χ1) is 64.5. The molecule has 34 nitrogen and oxygen atoms in total. The Morgan fingerprint density at radius 1 is 0.221 bits per heavy atom. The number of aromatic nitrogens is 9. The van der Waals surface area contributed by atoms with E-state index < -0.39 is 41.0 Å². The molecule has 0 amide bonds. The summed E-state index contributed by atoms with van der Waals surface area (Å²) in [6.07, 6.45) is 21.3. The quantitative estimate of drug-likeness (QED) is 0.0398. The van der Waals surface area contributed by atoms with E-state index in [0.717, 1.165) is 119 Å². The number of hydrogen-bond donors (Lipinski definition) is 0. The number of pyridine rings is 9. The second-order valence-corrected chi connectivity index (χ2v) is 30.6. The van der Waals surface area contributed by atoms with Gasteiger partial charge in [-0.05, 0) is 141 Å². The number of rotatable bonds is 33. The Bertz CT molecular complexity index is 5220. The van der Waals surface area contributed by atoms with E-state index in [1.807, 2.05) is 292 Å². The smallest absolute Gasteiger partial charge is 0.487 e. The third-order valence-electron chi connectivity index (χ3n) is 17.6. The van der Waals surface area contributed by atoms with Crippen LogP contribution in [0, 0.1) is 41.0 Å². The molecule has 0 aliphatic heterocycles. The number of halogens is 4. The predicted molar refractivity (Wildman–Crippen MR) is 447 cm³/mol. The molecule has 0 unspecified atom stereocenters. The van der Waals surface area contributed by atoms with E-state index in [4.69, 9.17) is 118 Å². The monoisotopic (exact) mass is 2020 g/mol. The molecule has 15 rings (SSSR count). The van der Waals surface area contributed by atoms with Crippen molar-refractivity contribution in [3.8, 4) is 51.4 Å². The molecule has 0 saturated heterocycles. The molecule has 6 aromatic carbocycles. The maximum Gasteiger partial charge on any atom is 2.00 e. The maximum absolute atomic E-state index is 8.49. The van der Waals surface area contributed by atoms with Crippen molar-refractivity contribution in [2.45, 2.75) is 57.8 Å². The largest absolute Gasteiger partial charge is 2.00 e. The van der Waals surface area contributed by atoms with E-state index in [-0.39, 0.29) is 57.1 Å². The van der Waals surface area contributed by atoms with Gasteiger partial charge in [0.15, 0.2) is 0 Å². The molecule has 9 aromatic heterocycles. The predicted octanol–water partition coefficient (Wildman–Crippen LogP) is 0.455.